The molecular weight excluding hydrogens is 116 g/mol. The van der Waals surface area contributed by atoms with E-state index in [0.717, 1.165) is 0 Å². The zero-order valence-electron chi connectivity index (χ0n) is 4.79. The van der Waals surface area contributed by atoms with Crippen LogP contribution in [0, 0.1) is 0 Å². The van der Waals surface area contributed by atoms with Crippen LogP contribution in [0.3, 0.4) is 0 Å². The summed E-state index contributed by atoms with van der Waals surface area (Å²) >= 11 is 0. The molecule has 0 radical (unpaired) electrons. The number of hydrogen-bond donors (Lipinski definition) is 1. The van der Waals surface area contributed by atoms with Gasteiger partial charge in [0.2, 0.25) is 5.43 Å². The molecule has 0 amide bonds. The van der Waals surface area contributed by atoms with Gasteiger partial charge in [0.25, 0.3) is 0 Å². The van der Waals surface area contributed by atoms with Crippen molar-refractivity contribution in [3.63, 3.8) is 0 Å². The average molecular weight is 122 g/mol. The van der Waals surface area contributed by atoms with Gasteiger partial charge >= 0.3 is 0 Å². The van der Waals surface area contributed by atoms with E-state index >= 15 is 0 Å². The van der Waals surface area contributed by atoms with E-state index in [1.807, 2.05) is 0 Å². The van der Waals surface area contributed by atoms with Gasteiger partial charge in [-0.3, -0.25) is 9.89 Å². The molecule has 1 rings (SSSR count). The lowest BCUT2D eigenvalue weighted by Crippen LogP contribution is -2.04. The Balaban J connectivity index is 3.32. The Labute approximate surface area is 52.0 Å². The number of nitrogens with zero attached hydrogens (tertiary/aromatic N) is 1. The molecule has 0 atom stereocenters. The molecule has 0 aliphatic carbocycles. The lowest BCUT2D eigenvalue weighted by atomic mass is 10.3. The fraction of sp³-hybridized carbons (Fsp3) is 0. The van der Waals surface area contributed by atoms with Crippen molar-refractivity contribution in [3.8, 4) is 0 Å². The summed E-state index contributed by atoms with van der Waals surface area (Å²) in [6, 6.07) is 0. The first kappa shape index (κ1) is 5.75. The number of H-pyrrole nitrogens is 1. The highest BCUT2D eigenvalue weighted by Gasteiger charge is 1.88. The standard InChI is InChI=1S/C6H6N2O/c1-2-5-3-7-8-4-6(5)9/h2-4H,1H2,(H,7,9). The maximum Gasteiger partial charge on any atom is 0.207 e. The van der Waals surface area contributed by atoms with E-state index in [-0.39, 0.29) is 5.43 Å². The van der Waals surface area contributed by atoms with Crippen LogP contribution in [0.2, 0.25) is 0 Å². The van der Waals surface area contributed by atoms with Crippen molar-refractivity contribution in [1.29, 1.82) is 0 Å². The Hall–Kier alpha value is -1.38. The fourth-order valence-corrected chi connectivity index (χ4v) is 0.508. The van der Waals surface area contributed by atoms with Crippen LogP contribution in [0.5, 0.6) is 0 Å². The topological polar surface area (TPSA) is 45.8 Å². The summed E-state index contributed by atoms with van der Waals surface area (Å²) in [4.78, 5) is 10.7. The van der Waals surface area contributed by atoms with Crippen molar-refractivity contribution < 1.29 is 0 Å². The molecule has 0 aliphatic rings. The Morgan fingerprint density at radius 3 is 3.00 bits per heavy atom. The van der Waals surface area contributed by atoms with Gasteiger partial charge in [0.15, 0.2) is 0 Å². The minimum absolute atomic E-state index is 0.108. The molecule has 0 spiro atoms. The van der Waals surface area contributed by atoms with Gasteiger partial charge in [-0.05, 0) is 0 Å². The lowest BCUT2D eigenvalue weighted by Gasteiger charge is -1.85. The summed E-state index contributed by atoms with van der Waals surface area (Å²) < 4.78 is 0. The first-order chi connectivity index (χ1) is 4.34. The summed E-state index contributed by atoms with van der Waals surface area (Å²) in [7, 11) is 0. The van der Waals surface area contributed by atoms with E-state index in [0.29, 0.717) is 5.56 Å². The van der Waals surface area contributed by atoms with Crippen LogP contribution in [0.1, 0.15) is 5.56 Å². The van der Waals surface area contributed by atoms with Crippen molar-refractivity contribution in [3.05, 3.63) is 34.8 Å². The molecule has 46 valence electrons. The highest BCUT2D eigenvalue weighted by molar-refractivity contribution is 5.43. The van der Waals surface area contributed by atoms with Crippen LogP contribution < -0.4 is 5.43 Å². The maximum atomic E-state index is 10.7. The molecule has 1 heterocycles. The Morgan fingerprint density at radius 1 is 1.78 bits per heavy atom. The van der Waals surface area contributed by atoms with Gasteiger partial charge in [0.1, 0.15) is 0 Å². The van der Waals surface area contributed by atoms with Crippen molar-refractivity contribution in [2.45, 2.75) is 0 Å². The molecule has 0 aromatic carbocycles. The van der Waals surface area contributed by atoms with Crippen molar-refractivity contribution >= 4 is 6.08 Å². The molecule has 0 fully saturated rings. The highest BCUT2D eigenvalue weighted by Crippen LogP contribution is 1.84. The summed E-state index contributed by atoms with van der Waals surface area (Å²) in [5.74, 6) is 0. The van der Waals surface area contributed by atoms with Gasteiger partial charge in [0.05, 0.1) is 6.20 Å². The van der Waals surface area contributed by atoms with Gasteiger partial charge in [-0.1, -0.05) is 12.7 Å². The van der Waals surface area contributed by atoms with Crippen LogP contribution in [-0.2, 0) is 0 Å². The smallest absolute Gasteiger partial charge is 0.207 e. The minimum atomic E-state index is -0.108. The second-order valence-electron chi connectivity index (χ2n) is 1.56. The third-order valence-electron chi connectivity index (χ3n) is 0.981. The molecule has 3 nitrogen and oxygen atoms in total. The van der Waals surface area contributed by atoms with E-state index in [1.54, 1.807) is 0 Å². The SMILES string of the molecule is C=Cc1c[nH]ncc1=O. The van der Waals surface area contributed by atoms with E-state index in [1.165, 1.54) is 18.5 Å². The molecule has 1 N–H and O–H groups in total. The predicted molar refractivity (Wildman–Crippen MR) is 34.9 cm³/mol. The summed E-state index contributed by atoms with van der Waals surface area (Å²) in [5, 5.41) is 6.04. The molecular formula is C6H6N2O. The second kappa shape index (κ2) is 2.26. The predicted octanol–water partition coefficient (Wildman–Crippen LogP) is 0.413. The van der Waals surface area contributed by atoms with Crippen LogP contribution in [0.15, 0.2) is 23.8 Å². The molecule has 0 bridgehead atoms. The number of hydrogen-bond acceptors (Lipinski definition) is 2. The zero-order chi connectivity index (χ0) is 6.69. The number of rotatable bonds is 1. The molecule has 0 unspecified atom stereocenters. The minimum Gasteiger partial charge on any atom is -0.287 e. The molecule has 0 aliphatic heterocycles. The Morgan fingerprint density at radius 2 is 2.56 bits per heavy atom. The van der Waals surface area contributed by atoms with Crippen LogP contribution in [0.4, 0.5) is 0 Å². The monoisotopic (exact) mass is 122 g/mol. The van der Waals surface area contributed by atoms with E-state index in [4.69, 9.17) is 0 Å². The lowest BCUT2D eigenvalue weighted by molar-refractivity contribution is 1.01. The largest absolute Gasteiger partial charge is 0.287 e. The second-order valence-corrected chi connectivity index (χ2v) is 1.56. The van der Waals surface area contributed by atoms with Crippen LogP contribution in [-0.4, -0.2) is 10.2 Å². The maximum absolute atomic E-state index is 10.7. The molecule has 9 heavy (non-hydrogen) atoms. The van der Waals surface area contributed by atoms with Gasteiger partial charge in [-0.2, -0.15) is 5.10 Å². The van der Waals surface area contributed by atoms with Gasteiger partial charge in [-0.25, -0.2) is 0 Å². The normalized spacial score (nSPS) is 8.89. The van der Waals surface area contributed by atoms with Crippen molar-refractivity contribution in [2.24, 2.45) is 0 Å². The van der Waals surface area contributed by atoms with Gasteiger partial charge < -0.3 is 0 Å². The van der Waals surface area contributed by atoms with Crippen LogP contribution in [0.25, 0.3) is 6.08 Å². The highest BCUT2D eigenvalue weighted by atomic mass is 16.1. The Bertz CT molecular complexity index is 264. The van der Waals surface area contributed by atoms with E-state index < -0.39 is 0 Å². The number of aromatic nitrogens is 2. The molecule has 1 aromatic heterocycles. The van der Waals surface area contributed by atoms with Gasteiger partial charge in [0, 0.05) is 11.8 Å². The summed E-state index contributed by atoms with van der Waals surface area (Å²) in [6.07, 6.45) is 4.22. The van der Waals surface area contributed by atoms with Crippen LogP contribution >= 0.6 is 0 Å². The summed E-state index contributed by atoms with van der Waals surface area (Å²) in [6.45, 7) is 3.44. The summed E-state index contributed by atoms with van der Waals surface area (Å²) in [5.41, 5.74) is 0.439. The number of aromatic amines is 1. The van der Waals surface area contributed by atoms with E-state index in [9.17, 15) is 4.79 Å². The van der Waals surface area contributed by atoms with Crippen molar-refractivity contribution in [2.75, 3.05) is 0 Å². The average Bonchev–Trinajstić information content (AvgIpc) is 1.89. The van der Waals surface area contributed by atoms with E-state index in [2.05, 4.69) is 16.8 Å². The first-order valence-corrected chi connectivity index (χ1v) is 2.50. The quantitative estimate of drug-likeness (QED) is 0.586. The van der Waals surface area contributed by atoms with Gasteiger partial charge in [-0.15, -0.1) is 0 Å². The van der Waals surface area contributed by atoms with Crippen molar-refractivity contribution in [1.82, 2.24) is 10.2 Å². The third-order valence-corrected chi connectivity index (χ3v) is 0.981. The molecule has 3 heteroatoms. The molecule has 0 saturated carbocycles. The molecule has 0 saturated heterocycles. The number of nitrogens with one attached hydrogen (secondary N) is 1. The first-order valence-electron chi connectivity index (χ1n) is 2.50. The fourth-order valence-electron chi connectivity index (χ4n) is 0.508. The zero-order valence-corrected chi connectivity index (χ0v) is 4.79. The Kier molecular flexibility index (Phi) is 1.44. The molecule has 1 aromatic rings. The third kappa shape index (κ3) is 1.05.